The number of methoxy groups -OCH3 is 2. The number of ether oxygens (including phenoxy) is 7. The third-order valence-corrected chi connectivity index (χ3v) is 15.6. The number of benzene rings is 4. The van der Waals surface area contributed by atoms with Crippen LogP contribution in [0.4, 0.5) is 4.79 Å². The molecule has 3 aliphatic carbocycles. The third-order valence-electron chi connectivity index (χ3n) is 15.6. The highest BCUT2D eigenvalue weighted by molar-refractivity contribution is 6.31. The molecule has 6 heterocycles. The van der Waals surface area contributed by atoms with E-state index in [1.165, 1.54) is 24.1 Å². The fourth-order valence-corrected chi connectivity index (χ4v) is 12.5. The number of hydrogen-bond acceptors (Lipinski definition) is 15. The monoisotopic (exact) mass is 929 g/mol. The topological polar surface area (TPSA) is 203 Å². The molecule has 17 heteroatoms. The molecule has 0 aromatic heterocycles. The van der Waals surface area contributed by atoms with Crippen molar-refractivity contribution in [3.63, 3.8) is 0 Å². The van der Waals surface area contributed by atoms with Gasteiger partial charge in [0.1, 0.15) is 35.6 Å². The Labute approximate surface area is 391 Å². The van der Waals surface area contributed by atoms with E-state index in [4.69, 9.17) is 33.2 Å². The fraction of sp³-hybridized carbons (Fsp3) is 0.451. The van der Waals surface area contributed by atoms with Crippen LogP contribution in [0.2, 0.25) is 0 Å². The molecule has 9 aliphatic rings. The van der Waals surface area contributed by atoms with Gasteiger partial charge in [0, 0.05) is 74.7 Å². The number of carbonyl (C=O) groups is 4. The van der Waals surface area contributed by atoms with Gasteiger partial charge < -0.3 is 53.4 Å². The number of amides is 2. The molecule has 17 nitrogen and oxygen atoms in total. The van der Waals surface area contributed by atoms with Gasteiger partial charge in [-0.25, -0.2) is 4.79 Å². The van der Waals surface area contributed by atoms with Crippen LogP contribution in [0.1, 0.15) is 92.3 Å². The van der Waals surface area contributed by atoms with Crippen LogP contribution < -0.4 is 4.74 Å². The molecule has 3 N–H and O–H groups in total. The molecule has 6 fully saturated rings. The Morgan fingerprint density at radius 2 is 1.53 bits per heavy atom. The minimum Gasteiger partial charge on any atom is -0.507 e. The molecule has 354 valence electrons. The number of phenols is 2. The van der Waals surface area contributed by atoms with Crippen LogP contribution in [0.15, 0.2) is 66.7 Å². The first-order chi connectivity index (χ1) is 32.9. The van der Waals surface area contributed by atoms with Gasteiger partial charge >= 0.3 is 6.09 Å². The summed E-state index contributed by atoms with van der Waals surface area (Å²) in [5.74, 6) is -3.41. The van der Waals surface area contributed by atoms with E-state index < -0.39 is 95.7 Å². The average Bonchev–Trinajstić information content (AvgIpc) is 3.89. The molecule has 4 aromatic carbocycles. The van der Waals surface area contributed by atoms with Crippen LogP contribution in [-0.2, 0) is 39.6 Å². The minimum atomic E-state index is -2.24. The summed E-state index contributed by atoms with van der Waals surface area (Å²) < 4.78 is 42.4. The Morgan fingerprint density at radius 3 is 2.24 bits per heavy atom. The van der Waals surface area contributed by atoms with Gasteiger partial charge in [0.25, 0.3) is 5.91 Å². The molecule has 13 rings (SSSR count). The van der Waals surface area contributed by atoms with Crippen molar-refractivity contribution in [2.75, 3.05) is 47.1 Å². The lowest BCUT2D eigenvalue weighted by Crippen LogP contribution is -2.72. The number of hydrogen-bond donors (Lipinski definition) is 3. The highest BCUT2D eigenvalue weighted by Gasteiger charge is 2.57. The number of phenolic OH excluding ortho intramolecular Hbond substituents is 2. The predicted octanol–water partition coefficient (Wildman–Crippen LogP) is 4.38. The minimum absolute atomic E-state index is 0.0324. The Morgan fingerprint density at radius 1 is 0.838 bits per heavy atom. The zero-order chi connectivity index (χ0) is 46.9. The summed E-state index contributed by atoms with van der Waals surface area (Å²) in [5, 5.41) is 37.2. The molecular weight excluding hydrogens is 879 g/mol. The molecule has 68 heavy (non-hydrogen) atoms. The number of aromatic hydroxyl groups is 2. The van der Waals surface area contributed by atoms with Crippen molar-refractivity contribution in [2.24, 2.45) is 0 Å². The van der Waals surface area contributed by atoms with E-state index in [0.717, 1.165) is 22.3 Å². The second kappa shape index (κ2) is 16.1. The van der Waals surface area contributed by atoms with Crippen molar-refractivity contribution in [3.05, 3.63) is 111 Å². The van der Waals surface area contributed by atoms with Crippen LogP contribution in [-0.4, -0.2) is 155 Å². The number of piperidine rings is 1. The zero-order valence-electron chi connectivity index (χ0n) is 37.7. The molecule has 0 spiro atoms. The number of fused-ring (bicyclic) bond motifs is 11. The van der Waals surface area contributed by atoms with Crippen molar-refractivity contribution < 1.29 is 67.7 Å². The van der Waals surface area contributed by atoms with Gasteiger partial charge in [0.15, 0.2) is 24.6 Å². The number of morpholine rings is 1. The highest BCUT2D eigenvalue weighted by atomic mass is 16.7. The van der Waals surface area contributed by atoms with Gasteiger partial charge in [0.2, 0.25) is 5.78 Å². The standard InChI is InChI=1S/C51H51N3O14/c1-24-46-34(53-15-16-64-48(63-3)47(53)68-46)18-37(66-24)67-36-20-51(61,19-32-39(36)45(58)41-40(43(32)56)42(55)31-13-8-14-35(62-2)38(31)44(41)57)49(59)52-21-25-17-26(22-52)54(25)50(60)65-23-33-29-11-6-4-9-27(29)28-10-5-7-12-30(28)33/h4-14,24-26,33-34,36-37,46-48,56,58,61H,15-23H2,1-3H3/t24-,25?,26?,34-,36-,37-,46+,47+,48-,51-/m0/s1. The summed E-state index contributed by atoms with van der Waals surface area (Å²) in [7, 11) is 2.91. The van der Waals surface area contributed by atoms with Gasteiger partial charge in [-0.1, -0.05) is 60.7 Å². The summed E-state index contributed by atoms with van der Waals surface area (Å²) in [4.78, 5) is 62.6. The Bertz CT molecular complexity index is 2740. The molecule has 0 radical (unpaired) electrons. The quantitative estimate of drug-likeness (QED) is 0.194. The maximum Gasteiger partial charge on any atom is 0.410 e. The lowest BCUT2D eigenvalue weighted by molar-refractivity contribution is -0.256. The van der Waals surface area contributed by atoms with Crippen LogP contribution >= 0.6 is 0 Å². The SMILES string of the molecule is COc1cccc2c1C(=O)c1c(O)c3c(c(O)c1C2=O)C[C@@](O)(C(=O)N1CC2CC(C1)N2C(=O)OCC1c2ccccc2-c2ccccc21)C[C@@H]3O[C@H]1C[C@H]2[C@H](O[C@@H]3[C@@H](OC)OCCN32)[C@H](C)O1. The largest absolute Gasteiger partial charge is 0.507 e. The van der Waals surface area contributed by atoms with Crippen LogP contribution in [0.25, 0.3) is 11.1 Å². The summed E-state index contributed by atoms with van der Waals surface area (Å²) >= 11 is 0. The Balaban J connectivity index is 0.827. The number of ketones is 2. The van der Waals surface area contributed by atoms with Gasteiger partial charge in [-0.2, -0.15) is 0 Å². The lowest BCUT2D eigenvalue weighted by Gasteiger charge is -2.56. The predicted molar refractivity (Wildman–Crippen MR) is 237 cm³/mol. The van der Waals surface area contributed by atoms with E-state index in [2.05, 4.69) is 29.2 Å². The average molecular weight is 930 g/mol. The van der Waals surface area contributed by atoms with Crippen molar-refractivity contribution in [1.29, 1.82) is 0 Å². The van der Waals surface area contributed by atoms with Gasteiger partial charge in [0.05, 0.1) is 54.7 Å². The van der Waals surface area contributed by atoms with E-state index >= 15 is 0 Å². The number of carbonyl (C=O) groups excluding carboxylic acids is 4. The van der Waals surface area contributed by atoms with Crippen molar-refractivity contribution in [2.45, 2.75) is 99.4 Å². The van der Waals surface area contributed by atoms with Crippen molar-refractivity contribution in [3.8, 4) is 28.4 Å². The second-order valence-corrected chi connectivity index (χ2v) is 19.2. The molecule has 6 aliphatic heterocycles. The Hall–Kier alpha value is -5.92. The molecular formula is C51H51N3O14. The van der Waals surface area contributed by atoms with Crippen LogP contribution in [0, 0.1) is 0 Å². The maximum atomic E-state index is 14.9. The van der Waals surface area contributed by atoms with Crippen molar-refractivity contribution >= 4 is 23.6 Å². The second-order valence-electron chi connectivity index (χ2n) is 19.2. The summed E-state index contributed by atoms with van der Waals surface area (Å²) in [5.41, 5.74) is 1.08. The molecule has 2 amide bonds. The van der Waals surface area contributed by atoms with Gasteiger partial charge in [-0.15, -0.1) is 0 Å². The molecule has 6 saturated heterocycles. The van der Waals surface area contributed by atoms with Gasteiger partial charge in [-0.05, 0) is 41.7 Å². The number of aliphatic hydroxyl groups is 1. The van der Waals surface area contributed by atoms with E-state index in [1.54, 1.807) is 18.1 Å². The highest BCUT2D eigenvalue weighted by Crippen LogP contribution is 2.54. The Kier molecular flexibility index (Phi) is 10.3. The molecule has 4 aromatic rings. The van der Waals surface area contributed by atoms with E-state index in [1.807, 2.05) is 31.2 Å². The summed E-state index contributed by atoms with van der Waals surface area (Å²) in [6.07, 6.45) is -4.74. The first-order valence-corrected chi connectivity index (χ1v) is 23.3. The van der Waals surface area contributed by atoms with Crippen LogP contribution in [0.3, 0.4) is 0 Å². The number of rotatable bonds is 7. The van der Waals surface area contributed by atoms with E-state index in [9.17, 15) is 34.5 Å². The summed E-state index contributed by atoms with van der Waals surface area (Å²) in [6, 6.07) is 19.8. The first kappa shape index (κ1) is 43.4. The van der Waals surface area contributed by atoms with E-state index in [-0.39, 0.29) is 84.3 Å². The number of piperazine rings is 1. The smallest absolute Gasteiger partial charge is 0.410 e. The number of nitrogens with zero attached hydrogens (tertiary/aromatic N) is 3. The van der Waals surface area contributed by atoms with E-state index in [0.29, 0.717) is 19.6 Å². The molecule has 10 atom stereocenters. The van der Waals surface area contributed by atoms with Gasteiger partial charge in [-0.3, -0.25) is 24.2 Å². The lowest BCUT2D eigenvalue weighted by atomic mass is 9.72. The van der Waals surface area contributed by atoms with Crippen molar-refractivity contribution in [1.82, 2.24) is 14.7 Å². The maximum absolute atomic E-state index is 14.9. The molecule has 2 unspecified atom stereocenters. The normalized spacial score (nSPS) is 31.1. The van der Waals surface area contributed by atoms with Crippen LogP contribution in [0.5, 0.6) is 17.2 Å². The fourth-order valence-electron chi connectivity index (χ4n) is 12.5. The first-order valence-electron chi connectivity index (χ1n) is 23.3. The third kappa shape index (κ3) is 6.40. The summed E-state index contributed by atoms with van der Waals surface area (Å²) in [6.45, 7) is 3.20. The molecule has 0 saturated carbocycles. The molecule has 2 bridgehead atoms. The zero-order valence-corrected chi connectivity index (χ0v) is 37.7.